The van der Waals surface area contributed by atoms with Crippen molar-refractivity contribution in [2.75, 3.05) is 7.11 Å². The van der Waals surface area contributed by atoms with Crippen molar-refractivity contribution >= 4 is 34.1 Å². The zero-order chi connectivity index (χ0) is 22.8. The average Bonchev–Trinajstić information content (AvgIpc) is 3.40. The maximum absolute atomic E-state index is 13.1. The Bertz CT molecular complexity index is 1150. The second kappa shape index (κ2) is 9.35. The van der Waals surface area contributed by atoms with E-state index in [9.17, 15) is 9.59 Å². The van der Waals surface area contributed by atoms with Crippen molar-refractivity contribution in [3.8, 4) is 11.5 Å². The fourth-order valence-electron chi connectivity index (χ4n) is 4.19. The first-order valence-electron chi connectivity index (χ1n) is 10.8. The number of ether oxygens (including phenoxy) is 2. The highest BCUT2D eigenvalue weighted by molar-refractivity contribution is 6.31. The van der Waals surface area contributed by atoms with E-state index in [0.717, 1.165) is 16.5 Å². The van der Waals surface area contributed by atoms with Gasteiger partial charge in [-0.25, -0.2) is 0 Å². The molecular formula is C25H27ClN2O4. The van der Waals surface area contributed by atoms with E-state index in [1.165, 1.54) is 0 Å². The van der Waals surface area contributed by atoms with Gasteiger partial charge in [0.05, 0.1) is 25.3 Å². The van der Waals surface area contributed by atoms with Gasteiger partial charge in [0, 0.05) is 34.1 Å². The number of rotatable bonds is 8. The number of carbonyl (C=O) groups is 2. The Kier molecular flexibility index (Phi) is 6.53. The molecule has 2 unspecified atom stereocenters. The number of Topliss-reactive ketones (excluding diaryl/α,β-unsaturated/α-hetero) is 2. The monoisotopic (exact) mass is 454 g/mol. The third kappa shape index (κ3) is 4.66. The van der Waals surface area contributed by atoms with Crippen LogP contribution in [-0.2, 0) is 11.2 Å². The van der Waals surface area contributed by atoms with Gasteiger partial charge in [-0.05, 0) is 62.6 Å². The van der Waals surface area contributed by atoms with Crippen LogP contribution in [0.1, 0.15) is 42.6 Å². The number of nitrogens with one attached hydrogen (secondary N) is 2. The Balaban J connectivity index is 1.42. The molecule has 1 saturated heterocycles. The number of carbonyl (C=O) groups excluding carboxylic acids is 2. The molecule has 0 saturated carbocycles. The number of H-pyrrole nitrogens is 1. The summed E-state index contributed by atoms with van der Waals surface area (Å²) < 4.78 is 11.1. The second-order valence-electron chi connectivity index (χ2n) is 8.39. The molecule has 2 N–H and O–H groups in total. The SMILES string of the molecule is COc1cc(C(=O)C2CCC(C(=O)Cc3c[nH]c4cc(Cl)ccc34)N2)ccc1OC(C)C. The van der Waals surface area contributed by atoms with Gasteiger partial charge in [0.1, 0.15) is 0 Å². The lowest BCUT2D eigenvalue weighted by Crippen LogP contribution is -2.40. The summed E-state index contributed by atoms with van der Waals surface area (Å²) in [6.45, 7) is 3.87. The van der Waals surface area contributed by atoms with Gasteiger partial charge >= 0.3 is 0 Å². The van der Waals surface area contributed by atoms with E-state index in [2.05, 4.69) is 10.3 Å². The first kappa shape index (κ1) is 22.4. The van der Waals surface area contributed by atoms with Crippen molar-refractivity contribution in [1.29, 1.82) is 0 Å². The van der Waals surface area contributed by atoms with Crippen LogP contribution in [0.2, 0.25) is 5.02 Å². The zero-order valence-electron chi connectivity index (χ0n) is 18.4. The van der Waals surface area contributed by atoms with Crippen LogP contribution in [0.3, 0.4) is 0 Å². The molecule has 168 valence electrons. The quantitative estimate of drug-likeness (QED) is 0.481. The summed E-state index contributed by atoms with van der Waals surface area (Å²) in [6.07, 6.45) is 3.40. The number of halogens is 1. The third-order valence-electron chi connectivity index (χ3n) is 5.76. The minimum atomic E-state index is -0.396. The molecule has 0 radical (unpaired) electrons. The first-order valence-corrected chi connectivity index (χ1v) is 11.2. The molecule has 1 fully saturated rings. The number of benzene rings is 2. The van der Waals surface area contributed by atoms with Crippen LogP contribution in [0, 0.1) is 0 Å². The molecule has 1 aliphatic heterocycles. The van der Waals surface area contributed by atoms with Gasteiger partial charge in [0.15, 0.2) is 23.1 Å². The van der Waals surface area contributed by atoms with Crippen LogP contribution in [0.5, 0.6) is 11.5 Å². The summed E-state index contributed by atoms with van der Waals surface area (Å²) in [6, 6.07) is 10.1. The summed E-state index contributed by atoms with van der Waals surface area (Å²) in [5.74, 6) is 1.16. The molecule has 0 bridgehead atoms. The smallest absolute Gasteiger partial charge is 0.179 e. The highest BCUT2D eigenvalue weighted by Crippen LogP contribution is 2.30. The Morgan fingerprint density at radius 3 is 2.62 bits per heavy atom. The lowest BCUT2D eigenvalue weighted by atomic mass is 10.0. The number of hydrogen-bond acceptors (Lipinski definition) is 5. The standard InChI is InChI=1S/C25H27ClN2O4/c1-14(2)32-23-9-4-15(11-24(23)31-3)25(30)20-8-7-19(28-20)22(29)10-16-13-27-21-12-17(26)5-6-18(16)21/h4-6,9,11-14,19-20,27-28H,7-8,10H2,1-3H3. The zero-order valence-corrected chi connectivity index (χ0v) is 19.2. The third-order valence-corrected chi connectivity index (χ3v) is 5.99. The molecule has 3 aromatic rings. The van der Waals surface area contributed by atoms with Crippen molar-refractivity contribution in [2.45, 2.75) is 51.3 Å². The highest BCUT2D eigenvalue weighted by atomic mass is 35.5. The number of hydrogen-bond donors (Lipinski definition) is 2. The van der Waals surface area contributed by atoms with Crippen molar-refractivity contribution < 1.29 is 19.1 Å². The Hall–Kier alpha value is -2.83. The van der Waals surface area contributed by atoms with Crippen molar-refractivity contribution in [3.63, 3.8) is 0 Å². The number of methoxy groups -OCH3 is 1. The summed E-state index contributed by atoms with van der Waals surface area (Å²) in [7, 11) is 1.55. The molecular weight excluding hydrogens is 428 g/mol. The molecule has 6 nitrogen and oxygen atoms in total. The van der Waals surface area contributed by atoms with Crippen LogP contribution in [0.25, 0.3) is 10.9 Å². The van der Waals surface area contributed by atoms with Gasteiger partial charge < -0.3 is 14.5 Å². The van der Waals surface area contributed by atoms with Crippen molar-refractivity contribution in [2.24, 2.45) is 0 Å². The molecule has 2 aromatic carbocycles. The summed E-state index contributed by atoms with van der Waals surface area (Å²) in [4.78, 5) is 29.1. The molecule has 32 heavy (non-hydrogen) atoms. The van der Waals surface area contributed by atoms with E-state index >= 15 is 0 Å². The molecule has 7 heteroatoms. The molecule has 0 spiro atoms. The Labute approximate surface area is 192 Å². The van der Waals surface area contributed by atoms with E-state index in [1.807, 2.05) is 38.2 Å². The van der Waals surface area contributed by atoms with E-state index in [1.54, 1.807) is 25.3 Å². The number of aromatic amines is 1. The molecule has 1 aromatic heterocycles. The van der Waals surface area contributed by atoms with Crippen LogP contribution in [0.15, 0.2) is 42.6 Å². The number of fused-ring (bicyclic) bond motifs is 1. The fraction of sp³-hybridized carbons (Fsp3) is 0.360. The summed E-state index contributed by atoms with van der Waals surface area (Å²) in [5, 5.41) is 4.88. The van der Waals surface area contributed by atoms with Gasteiger partial charge in [-0.15, -0.1) is 0 Å². The normalized spacial score (nSPS) is 18.3. The molecule has 2 atom stereocenters. The topological polar surface area (TPSA) is 80.4 Å². The second-order valence-corrected chi connectivity index (χ2v) is 8.83. The number of ketones is 2. The predicted octanol–water partition coefficient (Wildman–Crippen LogP) is 4.73. The van der Waals surface area contributed by atoms with Gasteiger partial charge in [0.25, 0.3) is 0 Å². The van der Waals surface area contributed by atoms with Crippen LogP contribution in [0.4, 0.5) is 0 Å². The van der Waals surface area contributed by atoms with E-state index in [4.69, 9.17) is 21.1 Å². The lowest BCUT2D eigenvalue weighted by molar-refractivity contribution is -0.120. The first-order chi connectivity index (χ1) is 15.4. The average molecular weight is 455 g/mol. The Morgan fingerprint density at radius 1 is 1.09 bits per heavy atom. The van der Waals surface area contributed by atoms with Crippen LogP contribution < -0.4 is 14.8 Å². The van der Waals surface area contributed by atoms with E-state index < -0.39 is 6.04 Å². The largest absolute Gasteiger partial charge is 0.493 e. The fourth-order valence-corrected chi connectivity index (χ4v) is 4.36. The molecule has 0 aliphatic carbocycles. The molecule has 0 amide bonds. The maximum atomic E-state index is 13.1. The predicted molar refractivity (Wildman–Crippen MR) is 125 cm³/mol. The van der Waals surface area contributed by atoms with Crippen LogP contribution >= 0.6 is 11.6 Å². The van der Waals surface area contributed by atoms with Crippen molar-refractivity contribution in [3.05, 3.63) is 58.7 Å². The van der Waals surface area contributed by atoms with Gasteiger partial charge in [0.2, 0.25) is 0 Å². The van der Waals surface area contributed by atoms with Crippen LogP contribution in [-0.4, -0.2) is 41.8 Å². The van der Waals surface area contributed by atoms with Gasteiger partial charge in [-0.3, -0.25) is 14.9 Å². The Morgan fingerprint density at radius 2 is 1.88 bits per heavy atom. The van der Waals surface area contributed by atoms with E-state index in [-0.39, 0.29) is 23.7 Å². The van der Waals surface area contributed by atoms with Gasteiger partial charge in [-0.2, -0.15) is 0 Å². The highest BCUT2D eigenvalue weighted by Gasteiger charge is 2.33. The minimum Gasteiger partial charge on any atom is -0.493 e. The number of aromatic nitrogens is 1. The molecule has 1 aliphatic rings. The summed E-state index contributed by atoms with van der Waals surface area (Å²) >= 11 is 6.04. The molecule has 4 rings (SSSR count). The lowest BCUT2D eigenvalue weighted by Gasteiger charge is -2.16. The maximum Gasteiger partial charge on any atom is 0.179 e. The minimum absolute atomic E-state index is 0.00264. The van der Waals surface area contributed by atoms with E-state index in [0.29, 0.717) is 41.3 Å². The van der Waals surface area contributed by atoms with Crippen molar-refractivity contribution in [1.82, 2.24) is 10.3 Å². The molecule has 2 heterocycles. The van der Waals surface area contributed by atoms with Gasteiger partial charge in [-0.1, -0.05) is 17.7 Å². The summed E-state index contributed by atoms with van der Waals surface area (Å²) in [5.41, 5.74) is 2.38.